The van der Waals surface area contributed by atoms with Crippen LogP contribution in [0.5, 0.6) is 0 Å². The molecule has 0 amide bonds. The summed E-state index contributed by atoms with van der Waals surface area (Å²) in [6, 6.07) is 6.02. The van der Waals surface area contributed by atoms with Crippen LogP contribution in [0, 0.1) is 0 Å². The second-order valence-electron chi connectivity index (χ2n) is 3.25. The lowest BCUT2D eigenvalue weighted by atomic mass is 10.2. The first-order valence-electron chi connectivity index (χ1n) is 4.61. The van der Waals surface area contributed by atoms with E-state index in [9.17, 15) is 0 Å². The van der Waals surface area contributed by atoms with Gasteiger partial charge in [-0.3, -0.25) is 4.68 Å². The van der Waals surface area contributed by atoms with Gasteiger partial charge in [0, 0.05) is 25.2 Å². The Labute approximate surface area is 93.3 Å². The molecule has 4 nitrogen and oxygen atoms in total. The van der Waals surface area contributed by atoms with Crippen LogP contribution in [0.2, 0.25) is 0 Å². The zero-order valence-corrected chi connectivity index (χ0v) is 9.43. The SMILES string of the molecule is CNC(=S)Nc1ccc2c(cnn2C)c1. The zero-order valence-electron chi connectivity index (χ0n) is 8.61. The van der Waals surface area contributed by atoms with Crippen molar-refractivity contribution in [3.63, 3.8) is 0 Å². The third-order valence-electron chi connectivity index (χ3n) is 2.23. The Balaban J connectivity index is 2.35. The third kappa shape index (κ3) is 1.92. The van der Waals surface area contributed by atoms with Crippen molar-refractivity contribution in [3.05, 3.63) is 24.4 Å². The van der Waals surface area contributed by atoms with Gasteiger partial charge in [-0.05, 0) is 30.4 Å². The maximum Gasteiger partial charge on any atom is 0.170 e. The molecule has 0 spiro atoms. The largest absolute Gasteiger partial charge is 0.366 e. The standard InChI is InChI=1S/C10H12N4S/c1-11-10(15)13-8-3-4-9-7(5-8)6-12-14(9)2/h3-6H,1-2H3,(H2,11,13,15). The first-order valence-corrected chi connectivity index (χ1v) is 5.02. The van der Waals surface area contributed by atoms with E-state index in [-0.39, 0.29) is 0 Å². The van der Waals surface area contributed by atoms with Crippen LogP contribution < -0.4 is 10.6 Å². The second kappa shape index (κ2) is 3.86. The lowest BCUT2D eigenvalue weighted by molar-refractivity contribution is 0.797. The lowest BCUT2D eigenvalue weighted by Crippen LogP contribution is -2.23. The molecule has 0 aliphatic heterocycles. The molecule has 15 heavy (non-hydrogen) atoms. The van der Waals surface area contributed by atoms with E-state index in [0.717, 1.165) is 16.6 Å². The van der Waals surface area contributed by atoms with Crippen molar-refractivity contribution >= 4 is 33.9 Å². The van der Waals surface area contributed by atoms with Gasteiger partial charge in [0.05, 0.1) is 11.7 Å². The summed E-state index contributed by atoms with van der Waals surface area (Å²) in [7, 11) is 3.71. The highest BCUT2D eigenvalue weighted by molar-refractivity contribution is 7.80. The van der Waals surface area contributed by atoms with E-state index in [1.165, 1.54) is 0 Å². The van der Waals surface area contributed by atoms with Crippen molar-refractivity contribution in [2.45, 2.75) is 0 Å². The van der Waals surface area contributed by atoms with Gasteiger partial charge in [0.1, 0.15) is 0 Å². The average Bonchev–Trinajstić information content (AvgIpc) is 2.60. The van der Waals surface area contributed by atoms with E-state index >= 15 is 0 Å². The predicted octanol–water partition coefficient (Wildman–Crippen LogP) is 1.49. The molecule has 2 N–H and O–H groups in total. The zero-order chi connectivity index (χ0) is 10.8. The number of aromatic nitrogens is 2. The van der Waals surface area contributed by atoms with Crippen LogP contribution in [0.3, 0.4) is 0 Å². The van der Waals surface area contributed by atoms with E-state index in [2.05, 4.69) is 15.7 Å². The second-order valence-corrected chi connectivity index (χ2v) is 3.65. The monoisotopic (exact) mass is 220 g/mol. The third-order valence-corrected chi connectivity index (χ3v) is 2.54. The van der Waals surface area contributed by atoms with Crippen LogP contribution in [0.25, 0.3) is 10.9 Å². The molecule has 78 valence electrons. The van der Waals surface area contributed by atoms with Crippen LogP contribution >= 0.6 is 12.2 Å². The Morgan fingerprint density at radius 3 is 3.00 bits per heavy atom. The minimum atomic E-state index is 0.609. The summed E-state index contributed by atoms with van der Waals surface area (Å²) in [6.45, 7) is 0. The summed E-state index contributed by atoms with van der Waals surface area (Å²) in [5, 5.41) is 11.8. The number of aryl methyl sites for hydroxylation is 1. The van der Waals surface area contributed by atoms with Gasteiger partial charge in [-0.25, -0.2) is 0 Å². The molecule has 0 unspecified atom stereocenters. The molecule has 0 aliphatic carbocycles. The molecular weight excluding hydrogens is 208 g/mol. The smallest absolute Gasteiger partial charge is 0.170 e. The van der Waals surface area contributed by atoms with Crippen LogP contribution in [0.1, 0.15) is 0 Å². The van der Waals surface area contributed by atoms with Gasteiger partial charge >= 0.3 is 0 Å². The number of hydrogen-bond acceptors (Lipinski definition) is 2. The number of benzene rings is 1. The van der Waals surface area contributed by atoms with Gasteiger partial charge in [0.15, 0.2) is 5.11 Å². The Hall–Kier alpha value is -1.62. The van der Waals surface area contributed by atoms with Crippen molar-refractivity contribution in [2.75, 3.05) is 12.4 Å². The molecule has 1 aromatic carbocycles. The summed E-state index contributed by atoms with van der Waals surface area (Å²) in [5.41, 5.74) is 2.07. The van der Waals surface area contributed by atoms with Gasteiger partial charge in [0.25, 0.3) is 0 Å². The number of thiocarbonyl (C=S) groups is 1. The number of rotatable bonds is 1. The van der Waals surface area contributed by atoms with Crippen molar-refractivity contribution in [1.29, 1.82) is 0 Å². The molecule has 2 aromatic rings. The Morgan fingerprint density at radius 2 is 2.27 bits per heavy atom. The number of nitrogens with one attached hydrogen (secondary N) is 2. The van der Waals surface area contributed by atoms with Crippen molar-refractivity contribution in [3.8, 4) is 0 Å². The van der Waals surface area contributed by atoms with E-state index in [1.807, 2.05) is 36.1 Å². The molecule has 0 aliphatic rings. The fourth-order valence-corrected chi connectivity index (χ4v) is 1.55. The number of anilines is 1. The average molecular weight is 220 g/mol. The van der Waals surface area contributed by atoms with Crippen molar-refractivity contribution in [2.24, 2.45) is 7.05 Å². The first-order chi connectivity index (χ1) is 7.20. The van der Waals surface area contributed by atoms with Gasteiger partial charge in [-0.1, -0.05) is 0 Å². The molecule has 5 heteroatoms. The van der Waals surface area contributed by atoms with Crippen LogP contribution in [-0.4, -0.2) is 21.9 Å². The topological polar surface area (TPSA) is 41.9 Å². The van der Waals surface area contributed by atoms with E-state index in [0.29, 0.717) is 5.11 Å². The summed E-state index contributed by atoms with van der Waals surface area (Å²) in [6.07, 6.45) is 1.84. The first kappa shape index (κ1) is 9.92. The quantitative estimate of drug-likeness (QED) is 0.715. The highest BCUT2D eigenvalue weighted by atomic mass is 32.1. The molecule has 1 aromatic heterocycles. The number of hydrogen-bond donors (Lipinski definition) is 2. The van der Waals surface area contributed by atoms with Crippen LogP contribution in [0.4, 0.5) is 5.69 Å². The summed E-state index contributed by atoms with van der Waals surface area (Å²) < 4.78 is 1.84. The molecule has 0 fully saturated rings. The summed E-state index contributed by atoms with van der Waals surface area (Å²) in [5.74, 6) is 0. The van der Waals surface area contributed by atoms with E-state index < -0.39 is 0 Å². The van der Waals surface area contributed by atoms with Gasteiger partial charge in [-0.2, -0.15) is 5.10 Å². The van der Waals surface area contributed by atoms with Gasteiger partial charge in [-0.15, -0.1) is 0 Å². The lowest BCUT2D eigenvalue weighted by Gasteiger charge is -2.06. The number of fused-ring (bicyclic) bond motifs is 1. The minimum absolute atomic E-state index is 0.609. The Kier molecular flexibility index (Phi) is 2.55. The highest BCUT2D eigenvalue weighted by Crippen LogP contribution is 2.17. The molecule has 0 saturated heterocycles. The van der Waals surface area contributed by atoms with Crippen molar-refractivity contribution in [1.82, 2.24) is 15.1 Å². The highest BCUT2D eigenvalue weighted by Gasteiger charge is 2.01. The fourth-order valence-electron chi connectivity index (χ4n) is 1.43. The predicted molar refractivity (Wildman–Crippen MR) is 66.0 cm³/mol. The molecule has 0 atom stereocenters. The molecule has 0 bridgehead atoms. The van der Waals surface area contributed by atoms with Gasteiger partial charge < -0.3 is 10.6 Å². The molecule has 2 rings (SSSR count). The van der Waals surface area contributed by atoms with Crippen molar-refractivity contribution < 1.29 is 0 Å². The molecule has 1 heterocycles. The Morgan fingerprint density at radius 1 is 1.47 bits per heavy atom. The summed E-state index contributed by atoms with van der Waals surface area (Å²) >= 11 is 5.02. The van der Waals surface area contributed by atoms with Crippen LogP contribution in [0.15, 0.2) is 24.4 Å². The minimum Gasteiger partial charge on any atom is -0.366 e. The van der Waals surface area contributed by atoms with E-state index in [1.54, 1.807) is 7.05 Å². The molecule has 0 saturated carbocycles. The maximum absolute atomic E-state index is 5.02. The fraction of sp³-hybridized carbons (Fsp3) is 0.200. The molecular formula is C10H12N4S. The Bertz CT molecular complexity index is 503. The van der Waals surface area contributed by atoms with Gasteiger partial charge in [0.2, 0.25) is 0 Å². The normalized spacial score (nSPS) is 10.3. The summed E-state index contributed by atoms with van der Waals surface area (Å²) in [4.78, 5) is 0. The van der Waals surface area contributed by atoms with Crippen LogP contribution in [-0.2, 0) is 7.05 Å². The van der Waals surface area contributed by atoms with E-state index in [4.69, 9.17) is 12.2 Å². The maximum atomic E-state index is 5.02. The number of nitrogens with zero attached hydrogens (tertiary/aromatic N) is 2. The molecule has 0 radical (unpaired) electrons.